The van der Waals surface area contributed by atoms with Crippen LogP contribution in [0.4, 0.5) is 9.52 Å². The van der Waals surface area contributed by atoms with E-state index < -0.39 is 0 Å². The smallest absolute Gasteiger partial charge is 0.186 e. The molecule has 1 saturated carbocycles. The zero-order valence-electron chi connectivity index (χ0n) is 17.0. The Balaban J connectivity index is 1.63. The molecule has 3 heterocycles. The number of piperazine rings is 1. The molecule has 0 amide bonds. The van der Waals surface area contributed by atoms with Crippen molar-refractivity contribution in [1.29, 1.82) is 0 Å². The zero-order chi connectivity index (χ0) is 20.3. The van der Waals surface area contributed by atoms with E-state index >= 15 is 0 Å². The van der Waals surface area contributed by atoms with Crippen LogP contribution in [0.1, 0.15) is 43.6 Å². The number of benzene rings is 1. The summed E-state index contributed by atoms with van der Waals surface area (Å²) in [6.45, 7) is 3.75. The summed E-state index contributed by atoms with van der Waals surface area (Å²) in [5.41, 5.74) is 3.81. The summed E-state index contributed by atoms with van der Waals surface area (Å²) in [4.78, 5) is 17.4. The number of halogens is 1. The van der Waals surface area contributed by atoms with Gasteiger partial charge in [0.2, 0.25) is 0 Å². The van der Waals surface area contributed by atoms with E-state index in [2.05, 4.69) is 15.2 Å². The largest absolute Gasteiger partial charge is 0.346 e. The Morgan fingerprint density at radius 1 is 1.07 bits per heavy atom. The van der Waals surface area contributed by atoms with Gasteiger partial charge >= 0.3 is 0 Å². The van der Waals surface area contributed by atoms with Gasteiger partial charge in [0.15, 0.2) is 5.13 Å². The first-order valence-electron chi connectivity index (χ1n) is 10.8. The molecule has 156 valence electrons. The molecule has 1 aliphatic carbocycles. The zero-order valence-corrected chi connectivity index (χ0v) is 17.8. The first-order chi connectivity index (χ1) is 14.8. The maximum Gasteiger partial charge on any atom is 0.186 e. The van der Waals surface area contributed by atoms with E-state index in [0.717, 1.165) is 53.1 Å². The van der Waals surface area contributed by atoms with E-state index in [1.807, 2.05) is 12.3 Å². The fraction of sp³-hybridized carbons (Fsp3) is 0.435. The van der Waals surface area contributed by atoms with Gasteiger partial charge in [-0.1, -0.05) is 42.7 Å². The monoisotopic (exact) mass is 423 g/mol. The highest BCUT2D eigenvalue weighted by Gasteiger charge is 2.26. The highest BCUT2D eigenvalue weighted by Crippen LogP contribution is 2.44. The predicted octanol–water partition coefficient (Wildman–Crippen LogP) is 4.86. The predicted molar refractivity (Wildman–Crippen MR) is 119 cm³/mol. The lowest BCUT2D eigenvalue weighted by Crippen LogP contribution is -2.43. The molecule has 1 saturated heterocycles. The fourth-order valence-electron chi connectivity index (χ4n) is 4.53. The SMILES string of the molecule is Fc1cccc(-c2nc(N3CCNCC3)sc2-c2ncncc2C2CCCCC2)c1. The molecular weight excluding hydrogens is 397 g/mol. The average Bonchev–Trinajstić information content (AvgIpc) is 3.26. The van der Waals surface area contributed by atoms with E-state index in [1.165, 1.54) is 43.7 Å². The Hall–Kier alpha value is -2.38. The van der Waals surface area contributed by atoms with Crippen LogP contribution in [0.5, 0.6) is 0 Å². The van der Waals surface area contributed by atoms with Gasteiger partial charge in [0, 0.05) is 43.5 Å². The lowest BCUT2D eigenvalue weighted by molar-refractivity contribution is 0.443. The molecule has 7 heteroatoms. The third kappa shape index (κ3) is 3.96. The Morgan fingerprint density at radius 2 is 1.90 bits per heavy atom. The van der Waals surface area contributed by atoms with Gasteiger partial charge in [0.1, 0.15) is 12.1 Å². The molecule has 5 nitrogen and oxygen atoms in total. The summed E-state index contributed by atoms with van der Waals surface area (Å²) in [5.74, 6) is 0.241. The molecule has 0 spiro atoms. The van der Waals surface area contributed by atoms with Crippen molar-refractivity contribution in [1.82, 2.24) is 20.3 Å². The molecular formula is C23H26FN5S. The standard InChI is InChI=1S/C23H26FN5S/c24-18-8-4-7-17(13-18)20-22(30-23(28-20)29-11-9-25-10-12-29)21-19(14-26-15-27-21)16-5-2-1-3-6-16/h4,7-8,13-16,25H,1-3,5-6,9-12H2. The average molecular weight is 424 g/mol. The molecule has 1 aromatic carbocycles. The summed E-state index contributed by atoms with van der Waals surface area (Å²) < 4.78 is 14.0. The number of nitrogens with zero attached hydrogens (tertiary/aromatic N) is 4. The van der Waals surface area contributed by atoms with Gasteiger partial charge in [-0.25, -0.2) is 19.3 Å². The molecule has 1 N–H and O–H groups in total. The normalized spacial score (nSPS) is 18.0. The van der Waals surface area contributed by atoms with Crippen molar-refractivity contribution < 1.29 is 4.39 Å². The number of nitrogens with one attached hydrogen (secondary N) is 1. The maximum atomic E-state index is 14.0. The van der Waals surface area contributed by atoms with Crippen LogP contribution in [0.2, 0.25) is 0 Å². The number of anilines is 1. The lowest BCUT2D eigenvalue weighted by atomic mass is 9.83. The van der Waals surface area contributed by atoms with Crippen LogP contribution in [-0.4, -0.2) is 41.1 Å². The Morgan fingerprint density at radius 3 is 2.70 bits per heavy atom. The maximum absolute atomic E-state index is 14.0. The Bertz CT molecular complexity index is 1010. The minimum Gasteiger partial charge on any atom is -0.346 e. The quantitative estimate of drug-likeness (QED) is 0.649. The summed E-state index contributed by atoms with van der Waals surface area (Å²) in [6, 6.07) is 6.73. The molecule has 30 heavy (non-hydrogen) atoms. The van der Waals surface area contributed by atoms with E-state index in [0.29, 0.717) is 5.92 Å². The van der Waals surface area contributed by atoms with Gasteiger partial charge in [-0.05, 0) is 30.9 Å². The third-order valence-corrected chi connectivity index (χ3v) is 7.22. The molecule has 2 fully saturated rings. The molecule has 5 rings (SSSR count). The highest BCUT2D eigenvalue weighted by atomic mass is 32.1. The number of hydrogen-bond acceptors (Lipinski definition) is 6. The van der Waals surface area contributed by atoms with Gasteiger partial charge in [-0.15, -0.1) is 0 Å². The van der Waals surface area contributed by atoms with Crippen molar-refractivity contribution in [2.45, 2.75) is 38.0 Å². The molecule has 3 aromatic rings. The Kier molecular flexibility index (Phi) is 5.73. The van der Waals surface area contributed by atoms with Gasteiger partial charge in [-0.3, -0.25) is 0 Å². The Labute approximate surface area is 180 Å². The second-order valence-electron chi connectivity index (χ2n) is 8.08. The van der Waals surface area contributed by atoms with Crippen LogP contribution < -0.4 is 10.2 Å². The molecule has 0 atom stereocenters. The number of thiazole rings is 1. The fourth-order valence-corrected chi connectivity index (χ4v) is 5.69. The van der Waals surface area contributed by atoms with Crippen molar-refractivity contribution in [3.8, 4) is 21.8 Å². The molecule has 0 unspecified atom stereocenters. The van der Waals surface area contributed by atoms with Crippen molar-refractivity contribution >= 4 is 16.5 Å². The summed E-state index contributed by atoms with van der Waals surface area (Å²) in [6.07, 6.45) is 9.79. The van der Waals surface area contributed by atoms with Gasteiger partial charge < -0.3 is 10.2 Å². The van der Waals surface area contributed by atoms with Crippen LogP contribution in [0.15, 0.2) is 36.8 Å². The minimum atomic E-state index is -0.245. The van der Waals surface area contributed by atoms with Gasteiger partial charge in [-0.2, -0.15) is 0 Å². The van der Waals surface area contributed by atoms with E-state index in [1.54, 1.807) is 29.8 Å². The molecule has 0 bridgehead atoms. The van der Waals surface area contributed by atoms with Crippen LogP contribution in [0, 0.1) is 5.82 Å². The first-order valence-corrected chi connectivity index (χ1v) is 11.6. The summed E-state index contributed by atoms with van der Waals surface area (Å²) >= 11 is 1.67. The first kappa shape index (κ1) is 19.6. The third-order valence-electron chi connectivity index (χ3n) is 6.10. The van der Waals surface area contributed by atoms with Gasteiger partial charge in [0.25, 0.3) is 0 Å². The van der Waals surface area contributed by atoms with Crippen LogP contribution in [-0.2, 0) is 0 Å². The van der Waals surface area contributed by atoms with Gasteiger partial charge in [0.05, 0.1) is 16.3 Å². The van der Waals surface area contributed by atoms with E-state index in [4.69, 9.17) is 9.97 Å². The van der Waals surface area contributed by atoms with Crippen molar-refractivity contribution in [2.24, 2.45) is 0 Å². The van der Waals surface area contributed by atoms with E-state index in [-0.39, 0.29) is 5.82 Å². The summed E-state index contributed by atoms with van der Waals surface area (Å²) in [7, 11) is 0. The number of rotatable bonds is 4. The second kappa shape index (κ2) is 8.78. The number of aromatic nitrogens is 3. The summed E-state index contributed by atoms with van der Waals surface area (Å²) in [5, 5.41) is 4.38. The van der Waals surface area contributed by atoms with Crippen LogP contribution in [0.25, 0.3) is 21.8 Å². The highest BCUT2D eigenvalue weighted by molar-refractivity contribution is 7.19. The van der Waals surface area contributed by atoms with Crippen molar-refractivity contribution in [3.63, 3.8) is 0 Å². The molecule has 0 radical (unpaired) electrons. The topological polar surface area (TPSA) is 53.9 Å². The number of hydrogen-bond donors (Lipinski definition) is 1. The van der Waals surface area contributed by atoms with Crippen molar-refractivity contribution in [3.05, 3.63) is 48.2 Å². The lowest BCUT2D eigenvalue weighted by Gasteiger charge is -2.26. The molecule has 2 aromatic heterocycles. The minimum absolute atomic E-state index is 0.245. The molecule has 2 aliphatic rings. The molecule has 1 aliphatic heterocycles. The van der Waals surface area contributed by atoms with Crippen LogP contribution >= 0.6 is 11.3 Å². The van der Waals surface area contributed by atoms with Crippen molar-refractivity contribution in [2.75, 3.05) is 31.1 Å². The second-order valence-corrected chi connectivity index (χ2v) is 9.06. The van der Waals surface area contributed by atoms with Crippen LogP contribution in [0.3, 0.4) is 0 Å². The van der Waals surface area contributed by atoms with E-state index in [9.17, 15) is 4.39 Å².